The zero-order valence-corrected chi connectivity index (χ0v) is 16.1. The Bertz CT molecular complexity index is 659. The molecule has 5 nitrogen and oxygen atoms in total. The molecule has 0 saturated heterocycles. The third kappa shape index (κ3) is 6.20. The largest absolute Gasteiger partial charge is 0.386 e. The summed E-state index contributed by atoms with van der Waals surface area (Å²) in [6.45, 7) is 3.06. The van der Waals surface area contributed by atoms with Crippen molar-refractivity contribution in [2.45, 2.75) is 31.4 Å². The van der Waals surface area contributed by atoms with Crippen molar-refractivity contribution >= 4 is 29.1 Å². The summed E-state index contributed by atoms with van der Waals surface area (Å²) in [7, 11) is 0. The van der Waals surface area contributed by atoms with E-state index in [1.807, 2.05) is 13.8 Å². The molecular weight excluding hydrogens is 380 g/mol. The van der Waals surface area contributed by atoms with Gasteiger partial charge in [0.15, 0.2) is 0 Å². The number of hydrogen-bond acceptors (Lipinski definition) is 4. The van der Waals surface area contributed by atoms with Crippen molar-refractivity contribution in [3.8, 4) is 11.3 Å². The molecule has 1 aromatic heterocycles. The lowest BCUT2D eigenvalue weighted by molar-refractivity contribution is -0.122. The average molecular weight is 402 g/mol. The van der Waals surface area contributed by atoms with Crippen LogP contribution in [0.1, 0.15) is 25.5 Å². The third-order valence-corrected chi connectivity index (χ3v) is 4.23. The van der Waals surface area contributed by atoms with Gasteiger partial charge in [-0.1, -0.05) is 38.1 Å². The number of nitrogens with zero attached hydrogens (tertiary/aromatic N) is 2. The summed E-state index contributed by atoms with van der Waals surface area (Å²) in [5.74, 6) is -0.723. The van der Waals surface area contributed by atoms with Crippen molar-refractivity contribution in [2.24, 2.45) is 0 Å². The SMILES string of the molecule is CC.O=C(NC(CF)C(O)c1ccc(-c2cnccn2)cc1)C(Cl)CCl. The van der Waals surface area contributed by atoms with E-state index in [-0.39, 0.29) is 5.88 Å². The highest BCUT2D eigenvalue weighted by molar-refractivity contribution is 6.36. The van der Waals surface area contributed by atoms with Crippen LogP contribution in [0.15, 0.2) is 42.9 Å². The molecule has 0 radical (unpaired) electrons. The van der Waals surface area contributed by atoms with Crippen LogP contribution < -0.4 is 5.32 Å². The van der Waals surface area contributed by atoms with Gasteiger partial charge >= 0.3 is 0 Å². The number of aliphatic hydroxyl groups is 1. The molecule has 2 N–H and O–H groups in total. The van der Waals surface area contributed by atoms with Crippen molar-refractivity contribution in [3.63, 3.8) is 0 Å². The molecule has 0 aliphatic rings. The number of aromatic nitrogens is 2. The van der Waals surface area contributed by atoms with Gasteiger partial charge in [-0.25, -0.2) is 4.39 Å². The van der Waals surface area contributed by atoms with Crippen LogP contribution in [-0.2, 0) is 4.79 Å². The quantitative estimate of drug-likeness (QED) is 0.696. The van der Waals surface area contributed by atoms with Gasteiger partial charge in [-0.3, -0.25) is 14.8 Å². The van der Waals surface area contributed by atoms with E-state index in [1.54, 1.807) is 42.9 Å². The van der Waals surface area contributed by atoms with Crippen LogP contribution in [0.5, 0.6) is 0 Å². The van der Waals surface area contributed by atoms with Crippen LogP contribution in [0.3, 0.4) is 0 Å². The number of benzene rings is 1. The first kappa shape index (κ1) is 22.3. The fraction of sp³-hybridized carbons (Fsp3) is 0.389. The van der Waals surface area contributed by atoms with E-state index >= 15 is 0 Å². The van der Waals surface area contributed by atoms with Gasteiger partial charge in [-0.15, -0.1) is 23.2 Å². The van der Waals surface area contributed by atoms with Crippen molar-refractivity contribution in [1.82, 2.24) is 15.3 Å². The molecule has 0 aliphatic carbocycles. The molecule has 1 heterocycles. The molecule has 2 aromatic rings. The van der Waals surface area contributed by atoms with Gasteiger partial charge in [0.05, 0.1) is 17.9 Å². The lowest BCUT2D eigenvalue weighted by atomic mass is 10.0. The predicted molar refractivity (Wildman–Crippen MR) is 102 cm³/mol. The zero-order chi connectivity index (χ0) is 19.5. The number of halogens is 3. The fourth-order valence-electron chi connectivity index (χ4n) is 2.08. The topological polar surface area (TPSA) is 75.1 Å². The van der Waals surface area contributed by atoms with Crippen LogP contribution in [-0.4, -0.2) is 45.0 Å². The molecule has 0 fully saturated rings. The van der Waals surface area contributed by atoms with E-state index in [0.29, 0.717) is 11.3 Å². The Kier molecular flexibility index (Phi) is 10.1. The Labute approximate surface area is 162 Å². The lowest BCUT2D eigenvalue weighted by Crippen LogP contribution is -2.44. The Morgan fingerprint density at radius 1 is 1.27 bits per heavy atom. The van der Waals surface area contributed by atoms with Gasteiger partial charge < -0.3 is 10.4 Å². The van der Waals surface area contributed by atoms with Gasteiger partial charge in [-0.05, 0) is 5.56 Å². The van der Waals surface area contributed by atoms with E-state index in [0.717, 1.165) is 5.56 Å². The second kappa shape index (κ2) is 11.8. The zero-order valence-electron chi connectivity index (χ0n) is 14.6. The predicted octanol–water partition coefficient (Wildman–Crippen LogP) is 3.50. The molecule has 1 amide bonds. The van der Waals surface area contributed by atoms with E-state index in [4.69, 9.17) is 23.2 Å². The molecule has 142 valence electrons. The van der Waals surface area contributed by atoms with Crippen LogP contribution in [0.25, 0.3) is 11.3 Å². The second-order valence-corrected chi connectivity index (χ2v) is 5.88. The number of nitrogens with one attached hydrogen (secondary N) is 1. The number of rotatable bonds is 7. The van der Waals surface area contributed by atoms with Gasteiger partial charge in [0.25, 0.3) is 0 Å². The lowest BCUT2D eigenvalue weighted by Gasteiger charge is -2.23. The van der Waals surface area contributed by atoms with E-state index in [9.17, 15) is 14.3 Å². The van der Waals surface area contributed by atoms with E-state index < -0.39 is 30.1 Å². The fourth-order valence-corrected chi connectivity index (χ4v) is 2.28. The molecule has 0 saturated carbocycles. The highest BCUT2D eigenvalue weighted by Gasteiger charge is 2.25. The molecule has 0 bridgehead atoms. The summed E-state index contributed by atoms with van der Waals surface area (Å²) < 4.78 is 13.2. The first-order valence-electron chi connectivity index (χ1n) is 8.17. The summed E-state index contributed by atoms with van der Waals surface area (Å²) in [6, 6.07) is 5.65. The van der Waals surface area contributed by atoms with Gasteiger partial charge in [0.1, 0.15) is 18.2 Å². The molecule has 0 aliphatic heterocycles. The van der Waals surface area contributed by atoms with Crippen molar-refractivity contribution in [1.29, 1.82) is 0 Å². The van der Waals surface area contributed by atoms with Crippen LogP contribution in [0.2, 0.25) is 0 Å². The number of carbonyl (C=O) groups is 1. The first-order chi connectivity index (χ1) is 12.6. The molecule has 3 atom stereocenters. The maximum absolute atomic E-state index is 13.2. The Hall–Kier alpha value is -1.76. The van der Waals surface area contributed by atoms with E-state index in [1.165, 1.54) is 0 Å². The minimum absolute atomic E-state index is 0.102. The number of carbonyl (C=O) groups excluding carboxylic acids is 1. The summed E-state index contributed by atoms with van der Waals surface area (Å²) in [6.07, 6.45) is 3.55. The second-order valence-electron chi connectivity index (χ2n) is 5.05. The highest BCUT2D eigenvalue weighted by Crippen LogP contribution is 2.22. The van der Waals surface area contributed by atoms with Crippen molar-refractivity contribution in [2.75, 3.05) is 12.6 Å². The Balaban J connectivity index is 0.00000163. The van der Waals surface area contributed by atoms with Gasteiger partial charge in [-0.2, -0.15) is 0 Å². The molecule has 0 spiro atoms. The highest BCUT2D eigenvalue weighted by atomic mass is 35.5. The monoisotopic (exact) mass is 401 g/mol. The molecule has 8 heteroatoms. The molecule has 1 aromatic carbocycles. The average Bonchev–Trinajstić information content (AvgIpc) is 2.72. The minimum Gasteiger partial charge on any atom is -0.386 e. The van der Waals surface area contributed by atoms with Crippen LogP contribution in [0, 0.1) is 0 Å². The van der Waals surface area contributed by atoms with Gasteiger partial charge in [0, 0.05) is 23.8 Å². The summed E-state index contributed by atoms with van der Waals surface area (Å²) in [5.41, 5.74) is 1.95. The molecular formula is C18H22Cl2FN3O2. The maximum Gasteiger partial charge on any atom is 0.239 e. The van der Waals surface area contributed by atoms with Crippen LogP contribution in [0.4, 0.5) is 4.39 Å². The number of aliphatic hydroxyl groups excluding tert-OH is 1. The standard InChI is InChI=1S/C16H16Cl2FN3O2.C2H6/c17-7-12(18)16(24)22-13(8-19)15(23)11-3-1-10(2-4-11)14-9-20-5-6-21-14;1-2/h1-6,9,12-13,15,23H,7-8H2,(H,22,24);1-2H3. The van der Waals surface area contributed by atoms with Crippen LogP contribution >= 0.6 is 23.2 Å². The molecule has 2 rings (SSSR count). The normalized spacial score (nSPS) is 13.8. The number of hydrogen-bond donors (Lipinski definition) is 2. The first-order valence-corrected chi connectivity index (χ1v) is 9.14. The number of amides is 1. The smallest absolute Gasteiger partial charge is 0.239 e. The summed E-state index contributed by atoms with van der Waals surface area (Å²) >= 11 is 11.2. The Morgan fingerprint density at radius 2 is 1.92 bits per heavy atom. The van der Waals surface area contributed by atoms with Crippen molar-refractivity contribution < 1.29 is 14.3 Å². The van der Waals surface area contributed by atoms with Crippen molar-refractivity contribution in [3.05, 3.63) is 48.4 Å². The maximum atomic E-state index is 13.2. The third-order valence-electron chi connectivity index (χ3n) is 3.41. The minimum atomic E-state index is -1.21. The summed E-state index contributed by atoms with van der Waals surface area (Å²) in [4.78, 5) is 19.9. The summed E-state index contributed by atoms with van der Waals surface area (Å²) in [5, 5.41) is 11.7. The molecule has 26 heavy (non-hydrogen) atoms. The van der Waals surface area contributed by atoms with E-state index in [2.05, 4.69) is 15.3 Å². The molecule has 3 unspecified atom stereocenters. The van der Waals surface area contributed by atoms with Gasteiger partial charge in [0.2, 0.25) is 5.91 Å². The Morgan fingerprint density at radius 3 is 2.42 bits per heavy atom. The number of alkyl halides is 3.